The maximum Gasteiger partial charge on any atom is 0.332 e. The van der Waals surface area contributed by atoms with Crippen LogP contribution in [0.3, 0.4) is 0 Å². The highest BCUT2D eigenvalue weighted by Crippen LogP contribution is 2.25. The molecule has 0 aliphatic rings. The van der Waals surface area contributed by atoms with E-state index >= 15 is 0 Å². The van der Waals surface area contributed by atoms with Gasteiger partial charge in [-0.2, -0.15) is 0 Å². The van der Waals surface area contributed by atoms with Crippen molar-refractivity contribution < 1.29 is 23.6 Å². The lowest BCUT2D eigenvalue weighted by molar-refractivity contribution is -0.141. The zero-order chi connectivity index (χ0) is 19.4. The summed E-state index contributed by atoms with van der Waals surface area (Å²) >= 11 is 5.94. The lowest BCUT2D eigenvalue weighted by Crippen LogP contribution is -2.22. The Morgan fingerprint density at radius 1 is 1.15 bits per heavy atom. The van der Waals surface area contributed by atoms with Crippen molar-refractivity contribution in [3.63, 3.8) is 0 Å². The number of carbonyl (C=O) groups excluding carboxylic acids is 2. The van der Waals surface area contributed by atoms with E-state index in [4.69, 9.17) is 20.8 Å². The zero-order valence-corrected chi connectivity index (χ0v) is 15.2. The molecule has 0 radical (unpaired) electrons. The van der Waals surface area contributed by atoms with Gasteiger partial charge in [0.2, 0.25) is 0 Å². The van der Waals surface area contributed by atoms with Crippen LogP contribution in [-0.4, -0.2) is 19.0 Å². The standard InChI is InChI=1S/C19H15ClN2O5/c1-11(23)27-22-19-15(18(24)21-14-7-4-6-13(20)10-14)9-12-5-3-8-16(25-2)17(12)26-19/h3-10H,1-2H3,(H,21,24)/b22-19-. The van der Waals surface area contributed by atoms with E-state index in [1.165, 1.54) is 14.0 Å². The van der Waals surface area contributed by atoms with Gasteiger partial charge < -0.3 is 19.3 Å². The molecule has 1 N–H and O–H groups in total. The second-order valence-electron chi connectivity index (χ2n) is 5.48. The van der Waals surface area contributed by atoms with E-state index < -0.39 is 11.9 Å². The van der Waals surface area contributed by atoms with Crippen molar-refractivity contribution >= 4 is 40.1 Å². The number of carbonyl (C=O) groups is 2. The molecule has 8 heteroatoms. The minimum absolute atomic E-state index is 0.0805. The van der Waals surface area contributed by atoms with Gasteiger partial charge in [-0.25, -0.2) is 4.79 Å². The summed E-state index contributed by atoms with van der Waals surface area (Å²) < 4.78 is 11.0. The number of benzene rings is 2. The van der Waals surface area contributed by atoms with Crippen molar-refractivity contribution in [2.24, 2.45) is 5.16 Å². The third-order valence-corrected chi connectivity index (χ3v) is 3.78. The van der Waals surface area contributed by atoms with Gasteiger partial charge in [-0.15, -0.1) is 0 Å². The molecule has 0 bridgehead atoms. The van der Waals surface area contributed by atoms with E-state index in [-0.39, 0.29) is 11.1 Å². The summed E-state index contributed by atoms with van der Waals surface area (Å²) in [5.41, 5.74) is 0.778. The van der Waals surface area contributed by atoms with Crippen molar-refractivity contribution in [3.8, 4) is 5.75 Å². The molecule has 1 aromatic heterocycles. The number of ether oxygens (including phenoxy) is 1. The van der Waals surface area contributed by atoms with Crippen molar-refractivity contribution in [1.29, 1.82) is 0 Å². The SMILES string of the molecule is COc1cccc2cc(C(=O)Nc3cccc(Cl)c3)/c(=N/OC(C)=O)oc12. The van der Waals surface area contributed by atoms with Crippen LogP contribution in [0.25, 0.3) is 11.0 Å². The first-order chi connectivity index (χ1) is 13.0. The minimum Gasteiger partial charge on any atom is -0.493 e. The topological polar surface area (TPSA) is 90.1 Å². The number of anilines is 1. The number of hydrogen-bond acceptors (Lipinski definition) is 6. The summed E-state index contributed by atoms with van der Waals surface area (Å²) in [6.45, 7) is 1.19. The smallest absolute Gasteiger partial charge is 0.332 e. The molecule has 138 valence electrons. The third-order valence-electron chi connectivity index (χ3n) is 3.54. The first kappa shape index (κ1) is 18.5. The molecule has 0 fully saturated rings. The molecule has 7 nitrogen and oxygen atoms in total. The fourth-order valence-corrected chi connectivity index (χ4v) is 2.58. The molecule has 0 spiro atoms. The van der Waals surface area contributed by atoms with Crippen LogP contribution >= 0.6 is 11.6 Å². The Kier molecular flexibility index (Phi) is 5.42. The number of amides is 1. The summed E-state index contributed by atoms with van der Waals surface area (Å²) in [7, 11) is 1.49. The van der Waals surface area contributed by atoms with Crippen molar-refractivity contribution in [1.82, 2.24) is 0 Å². The zero-order valence-electron chi connectivity index (χ0n) is 14.5. The average molecular weight is 387 g/mol. The summed E-state index contributed by atoms with van der Waals surface area (Å²) in [5.74, 6) is -0.697. The van der Waals surface area contributed by atoms with Crippen molar-refractivity contribution in [2.75, 3.05) is 12.4 Å². The molecule has 3 aromatic rings. The summed E-state index contributed by atoms with van der Waals surface area (Å²) in [4.78, 5) is 28.5. The number of rotatable bonds is 4. The number of halogens is 1. The predicted molar refractivity (Wildman–Crippen MR) is 99.5 cm³/mol. The predicted octanol–water partition coefficient (Wildman–Crippen LogP) is 3.73. The van der Waals surface area contributed by atoms with Crippen LogP contribution in [0.4, 0.5) is 5.69 Å². The number of nitrogens with one attached hydrogen (secondary N) is 1. The molecule has 2 aromatic carbocycles. The molecule has 27 heavy (non-hydrogen) atoms. The van der Waals surface area contributed by atoms with Gasteiger partial charge in [0.25, 0.3) is 11.5 Å². The Balaban J connectivity index is 2.11. The van der Waals surface area contributed by atoms with E-state index in [0.29, 0.717) is 27.4 Å². The Morgan fingerprint density at radius 3 is 2.63 bits per heavy atom. The highest BCUT2D eigenvalue weighted by molar-refractivity contribution is 6.31. The first-order valence-corrected chi connectivity index (χ1v) is 8.25. The van der Waals surface area contributed by atoms with Gasteiger partial charge in [0.15, 0.2) is 11.3 Å². The monoisotopic (exact) mass is 386 g/mol. The van der Waals surface area contributed by atoms with Gasteiger partial charge in [0.1, 0.15) is 5.56 Å². The number of nitrogens with zero attached hydrogens (tertiary/aromatic N) is 1. The number of para-hydroxylation sites is 1. The highest BCUT2D eigenvalue weighted by atomic mass is 35.5. The van der Waals surface area contributed by atoms with Crippen LogP contribution < -0.4 is 15.6 Å². The molecule has 0 unspecified atom stereocenters. The van der Waals surface area contributed by atoms with E-state index in [2.05, 4.69) is 15.3 Å². The normalized spacial score (nSPS) is 11.3. The quantitative estimate of drug-likeness (QED) is 0.545. The summed E-state index contributed by atoms with van der Waals surface area (Å²) in [6.07, 6.45) is 0. The van der Waals surface area contributed by atoms with Gasteiger partial charge in [0, 0.05) is 23.0 Å². The van der Waals surface area contributed by atoms with Crippen LogP contribution in [-0.2, 0) is 9.63 Å². The fourth-order valence-electron chi connectivity index (χ4n) is 2.39. The summed E-state index contributed by atoms with van der Waals surface area (Å²) in [6, 6.07) is 13.5. The van der Waals surface area contributed by atoms with Gasteiger partial charge in [-0.05, 0) is 35.5 Å². The Morgan fingerprint density at radius 2 is 1.93 bits per heavy atom. The van der Waals surface area contributed by atoms with Gasteiger partial charge >= 0.3 is 5.97 Å². The Hall–Kier alpha value is -3.32. The number of fused-ring (bicyclic) bond motifs is 1. The number of methoxy groups -OCH3 is 1. The van der Waals surface area contributed by atoms with E-state index in [0.717, 1.165) is 0 Å². The lowest BCUT2D eigenvalue weighted by atomic mass is 10.1. The molecule has 3 rings (SSSR count). The molecule has 0 saturated heterocycles. The van der Waals surface area contributed by atoms with Crippen molar-refractivity contribution in [3.05, 3.63) is 64.7 Å². The first-order valence-electron chi connectivity index (χ1n) is 7.87. The van der Waals surface area contributed by atoms with Crippen LogP contribution in [0.15, 0.2) is 58.1 Å². The van der Waals surface area contributed by atoms with Crippen LogP contribution in [0.2, 0.25) is 5.02 Å². The molecule has 0 saturated carbocycles. The van der Waals surface area contributed by atoms with Crippen LogP contribution in [0, 0.1) is 0 Å². The maximum atomic E-state index is 12.7. The van der Waals surface area contributed by atoms with E-state index in [1.54, 1.807) is 48.5 Å². The molecular formula is C19H15ClN2O5. The van der Waals surface area contributed by atoms with Gasteiger partial charge in [-0.3, -0.25) is 4.79 Å². The number of hydrogen-bond donors (Lipinski definition) is 1. The van der Waals surface area contributed by atoms with Gasteiger partial charge in [0.05, 0.1) is 7.11 Å². The van der Waals surface area contributed by atoms with E-state index in [1.807, 2.05) is 0 Å². The molecule has 0 aliphatic carbocycles. The molecular weight excluding hydrogens is 372 g/mol. The van der Waals surface area contributed by atoms with Crippen LogP contribution in [0.1, 0.15) is 17.3 Å². The molecule has 0 aliphatic heterocycles. The van der Waals surface area contributed by atoms with Gasteiger partial charge in [-0.1, -0.05) is 29.8 Å². The largest absolute Gasteiger partial charge is 0.493 e. The fraction of sp³-hybridized carbons (Fsp3) is 0.105. The second kappa shape index (κ2) is 7.92. The molecule has 1 amide bonds. The summed E-state index contributed by atoms with van der Waals surface area (Å²) in [5, 5.41) is 7.45. The third kappa shape index (κ3) is 4.27. The Labute approximate surface area is 159 Å². The molecule has 0 atom stereocenters. The molecule has 1 heterocycles. The minimum atomic E-state index is -0.647. The van der Waals surface area contributed by atoms with Crippen molar-refractivity contribution in [2.45, 2.75) is 6.92 Å². The van der Waals surface area contributed by atoms with E-state index in [9.17, 15) is 9.59 Å². The second-order valence-corrected chi connectivity index (χ2v) is 5.92. The Bertz CT molecular complexity index is 1090. The highest BCUT2D eigenvalue weighted by Gasteiger charge is 2.15. The van der Waals surface area contributed by atoms with Crippen LogP contribution in [0.5, 0.6) is 5.75 Å². The maximum absolute atomic E-state index is 12.7. The average Bonchev–Trinajstić information content (AvgIpc) is 2.65. The lowest BCUT2D eigenvalue weighted by Gasteiger charge is -2.08.